The molecular weight excluding hydrogens is 759 g/mol. The second-order valence-electron chi connectivity index (χ2n) is 14.5. The van der Waals surface area contributed by atoms with Crippen molar-refractivity contribution in [1.29, 1.82) is 0 Å². The number of aromatic nitrogens is 1. The van der Waals surface area contributed by atoms with E-state index in [1.807, 2.05) is 24.3 Å². The summed E-state index contributed by atoms with van der Waals surface area (Å²) in [5, 5.41) is 26.6. The van der Waals surface area contributed by atoms with Crippen molar-refractivity contribution in [2.75, 3.05) is 13.1 Å². The molecule has 1 aliphatic heterocycles. The summed E-state index contributed by atoms with van der Waals surface area (Å²) in [5.74, 6) is -4.66. The SMILES string of the molecule is NC(=O)CNC(=O)[C@@H]1CCC(=O)NCCCC[C@@H](NC(=O)[C@@H](N)Cc2ccc(O)cc2)C(=O)N[C@@H](Cc2c[nH]c3ccccc23)C(=O)N[C@@H](Cc2ccccc2)C(=O)N1. The van der Waals surface area contributed by atoms with Gasteiger partial charge < -0.3 is 53.5 Å². The van der Waals surface area contributed by atoms with Gasteiger partial charge in [0.25, 0.3) is 0 Å². The lowest BCUT2D eigenvalue weighted by Crippen LogP contribution is -2.60. The monoisotopic (exact) mass is 809 g/mol. The molecule has 1 aliphatic rings. The van der Waals surface area contributed by atoms with Crippen LogP contribution in [0.25, 0.3) is 10.9 Å². The molecule has 0 spiro atoms. The number of aromatic hydroxyl groups is 1. The first kappa shape index (κ1) is 43.4. The number of nitrogens with one attached hydrogen (secondary N) is 7. The number of benzene rings is 3. The van der Waals surface area contributed by atoms with Gasteiger partial charge in [-0.25, -0.2) is 0 Å². The van der Waals surface area contributed by atoms with Crippen LogP contribution in [0.15, 0.2) is 85.1 Å². The molecule has 1 fully saturated rings. The van der Waals surface area contributed by atoms with Crippen LogP contribution < -0.4 is 43.4 Å². The summed E-state index contributed by atoms with van der Waals surface area (Å²) in [6, 6.07) is 16.5. The van der Waals surface area contributed by atoms with Crippen LogP contribution in [0.4, 0.5) is 0 Å². The van der Waals surface area contributed by atoms with Gasteiger partial charge in [-0.05, 0) is 67.0 Å². The molecule has 1 saturated heterocycles. The largest absolute Gasteiger partial charge is 0.508 e. The molecule has 3 aromatic carbocycles. The van der Waals surface area contributed by atoms with Gasteiger partial charge in [0.05, 0.1) is 12.6 Å². The fraction of sp³-hybridized carbons (Fsp3) is 0.357. The lowest BCUT2D eigenvalue weighted by molar-refractivity contribution is -0.135. The standard InChI is InChI=1S/C42H51N9O8/c43-30(20-26-13-15-28(52)16-14-26)38(55)48-32-12-6-7-19-45-37(54)18-17-33(39(56)47-24-36(44)53)49-41(58)34(21-25-8-2-1-3-9-25)50-42(59)35(51-40(32)57)22-27-23-46-31-11-5-4-10-29(27)31/h1-5,8-11,13-16,23,30,32-35,46,52H,6-7,12,17-22,24,43H2,(H2,44,53)(H,45,54)(H,47,56)(H,48,55)(H,49,58)(H,50,59)(H,51,57)/t30-,32+,33-,34-,35-/m0/s1. The maximum atomic E-state index is 14.4. The van der Waals surface area contributed by atoms with Crippen molar-refractivity contribution in [2.24, 2.45) is 11.5 Å². The highest BCUT2D eigenvalue weighted by atomic mass is 16.3. The molecule has 2 heterocycles. The van der Waals surface area contributed by atoms with E-state index in [1.165, 1.54) is 12.1 Å². The average molecular weight is 810 g/mol. The molecule has 5 rings (SSSR count). The number of carbonyl (C=O) groups is 7. The maximum absolute atomic E-state index is 14.4. The first-order valence-corrected chi connectivity index (χ1v) is 19.5. The van der Waals surface area contributed by atoms with E-state index < -0.39 is 78.1 Å². The van der Waals surface area contributed by atoms with Gasteiger partial charge in [0.15, 0.2) is 0 Å². The number of phenolic OH excluding ortho intramolecular Hbond substituents is 1. The molecule has 17 heteroatoms. The number of nitrogens with two attached hydrogens (primary N) is 2. The zero-order valence-electron chi connectivity index (χ0n) is 32.5. The van der Waals surface area contributed by atoms with Crippen LogP contribution in [0.3, 0.4) is 0 Å². The third-order valence-corrected chi connectivity index (χ3v) is 9.98. The highest BCUT2D eigenvalue weighted by Gasteiger charge is 2.33. The summed E-state index contributed by atoms with van der Waals surface area (Å²) in [5.41, 5.74) is 14.4. The number of phenols is 1. The van der Waals surface area contributed by atoms with Gasteiger partial charge in [-0.2, -0.15) is 0 Å². The van der Waals surface area contributed by atoms with E-state index in [-0.39, 0.29) is 50.8 Å². The van der Waals surface area contributed by atoms with Crippen molar-refractivity contribution >= 4 is 52.3 Å². The second kappa shape index (κ2) is 21.1. The number of H-pyrrole nitrogens is 1. The molecule has 59 heavy (non-hydrogen) atoms. The molecule has 4 aromatic rings. The Morgan fingerprint density at radius 1 is 0.780 bits per heavy atom. The van der Waals surface area contributed by atoms with Crippen LogP contribution in [0, 0.1) is 0 Å². The third kappa shape index (κ3) is 13.1. The molecule has 5 atom stereocenters. The first-order valence-electron chi connectivity index (χ1n) is 19.5. The van der Waals surface area contributed by atoms with E-state index in [2.05, 4.69) is 36.9 Å². The molecule has 0 bridgehead atoms. The summed E-state index contributed by atoms with van der Waals surface area (Å²) in [6.45, 7) is -0.292. The van der Waals surface area contributed by atoms with Gasteiger partial charge in [-0.15, -0.1) is 0 Å². The van der Waals surface area contributed by atoms with Gasteiger partial charge in [-0.1, -0.05) is 60.7 Å². The molecule has 0 saturated carbocycles. The molecule has 17 nitrogen and oxygen atoms in total. The number of aromatic amines is 1. The van der Waals surface area contributed by atoms with Crippen molar-refractivity contribution in [1.82, 2.24) is 36.9 Å². The molecule has 0 aliphatic carbocycles. The van der Waals surface area contributed by atoms with E-state index >= 15 is 0 Å². The summed E-state index contributed by atoms with van der Waals surface area (Å²) >= 11 is 0. The van der Waals surface area contributed by atoms with E-state index in [9.17, 15) is 38.7 Å². The molecule has 0 radical (unpaired) electrons. The van der Waals surface area contributed by atoms with Crippen LogP contribution >= 0.6 is 0 Å². The Balaban J connectivity index is 1.46. The number of fused-ring (bicyclic) bond motifs is 1. The van der Waals surface area contributed by atoms with Gasteiger partial charge in [0.1, 0.15) is 29.9 Å². The van der Waals surface area contributed by atoms with Crippen molar-refractivity contribution < 1.29 is 38.7 Å². The molecule has 312 valence electrons. The van der Waals surface area contributed by atoms with Crippen LogP contribution in [0.5, 0.6) is 5.75 Å². The smallest absolute Gasteiger partial charge is 0.243 e. The predicted molar refractivity (Wildman–Crippen MR) is 218 cm³/mol. The highest BCUT2D eigenvalue weighted by molar-refractivity contribution is 5.97. The number of para-hydroxylation sites is 1. The van der Waals surface area contributed by atoms with E-state index in [4.69, 9.17) is 11.5 Å². The zero-order valence-corrected chi connectivity index (χ0v) is 32.5. The van der Waals surface area contributed by atoms with E-state index in [0.717, 1.165) is 10.9 Å². The Labute approximate surface area is 340 Å². The van der Waals surface area contributed by atoms with Crippen LogP contribution in [0.2, 0.25) is 0 Å². The lowest BCUT2D eigenvalue weighted by atomic mass is 10.00. The molecule has 0 unspecified atom stereocenters. The van der Waals surface area contributed by atoms with Gasteiger partial charge >= 0.3 is 0 Å². The van der Waals surface area contributed by atoms with Crippen molar-refractivity contribution in [2.45, 2.75) is 81.6 Å². The first-order chi connectivity index (χ1) is 28.4. The topological polar surface area (TPSA) is 280 Å². The maximum Gasteiger partial charge on any atom is 0.243 e. The van der Waals surface area contributed by atoms with Gasteiger partial charge in [0.2, 0.25) is 41.4 Å². The minimum absolute atomic E-state index is 0.00746. The Morgan fingerprint density at radius 3 is 2.20 bits per heavy atom. The lowest BCUT2D eigenvalue weighted by Gasteiger charge is -2.27. The summed E-state index contributed by atoms with van der Waals surface area (Å²) in [6.07, 6.45) is 2.44. The Morgan fingerprint density at radius 2 is 1.46 bits per heavy atom. The van der Waals surface area contributed by atoms with Gasteiger partial charge in [-0.3, -0.25) is 33.6 Å². The quantitative estimate of drug-likeness (QED) is 0.0964. The summed E-state index contributed by atoms with van der Waals surface area (Å²) in [7, 11) is 0. The Hall–Kier alpha value is -6.75. The Kier molecular flexibility index (Phi) is 15.5. The van der Waals surface area contributed by atoms with Crippen LogP contribution in [-0.4, -0.2) is 94.7 Å². The number of carbonyl (C=O) groups excluding carboxylic acids is 7. The van der Waals surface area contributed by atoms with Crippen LogP contribution in [-0.2, 0) is 52.8 Å². The fourth-order valence-corrected chi connectivity index (χ4v) is 6.76. The van der Waals surface area contributed by atoms with E-state index in [1.54, 1.807) is 48.7 Å². The second-order valence-corrected chi connectivity index (χ2v) is 14.5. The minimum Gasteiger partial charge on any atom is -0.508 e. The van der Waals surface area contributed by atoms with E-state index in [0.29, 0.717) is 29.5 Å². The van der Waals surface area contributed by atoms with Crippen molar-refractivity contribution in [3.05, 3.63) is 102 Å². The zero-order chi connectivity index (χ0) is 42.3. The summed E-state index contributed by atoms with van der Waals surface area (Å²) < 4.78 is 0. The minimum atomic E-state index is -1.28. The predicted octanol–water partition coefficient (Wildman–Crippen LogP) is -0.150. The Bertz CT molecular complexity index is 2110. The van der Waals surface area contributed by atoms with Gasteiger partial charge in [0, 0.05) is 42.9 Å². The normalized spacial score (nSPS) is 20.4. The fourth-order valence-electron chi connectivity index (χ4n) is 6.76. The molecular formula is C42H51N9O8. The third-order valence-electron chi connectivity index (χ3n) is 9.98. The molecule has 7 amide bonds. The number of primary amides is 1. The van der Waals surface area contributed by atoms with Crippen molar-refractivity contribution in [3.63, 3.8) is 0 Å². The molecule has 1 aromatic heterocycles. The van der Waals surface area contributed by atoms with Crippen molar-refractivity contribution in [3.8, 4) is 5.75 Å². The summed E-state index contributed by atoms with van der Waals surface area (Å²) in [4.78, 5) is 96.8. The van der Waals surface area contributed by atoms with Crippen LogP contribution in [0.1, 0.15) is 48.8 Å². The number of hydrogen-bond acceptors (Lipinski definition) is 9. The molecule has 12 N–H and O–H groups in total. The number of amides is 7. The number of hydrogen-bond donors (Lipinski definition) is 10. The highest BCUT2D eigenvalue weighted by Crippen LogP contribution is 2.20. The number of rotatable bonds is 11. The average Bonchev–Trinajstić information content (AvgIpc) is 3.63.